The predicted octanol–water partition coefficient (Wildman–Crippen LogP) is 2.48. The molecule has 2 amide bonds. The van der Waals surface area contributed by atoms with Crippen LogP contribution in [0.15, 0.2) is 18.2 Å². The number of benzene rings is 1. The van der Waals surface area contributed by atoms with Crippen LogP contribution in [0.2, 0.25) is 0 Å². The van der Waals surface area contributed by atoms with Crippen molar-refractivity contribution in [3.8, 4) is 0 Å². The Balaban J connectivity index is 2.19. The lowest BCUT2D eigenvalue weighted by molar-refractivity contribution is -0.142. The van der Waals surface area contributed by atoms with Crippen LogP contribution in [-0.4, -0.2) is 56.0 Å². The number of ether oxygens (including phenoxy) is 2. The van der Waals surface area contributed by atoms with Crippen LogP contribution in [0.25, 0.3) is 0 Å². The molecule has 1 atom stereocenters. The Morgan fingerprint density at radius 2 is 1.55 bits per heavy atom. The zero-order valence-electron chi connectivity index (χ0n) is 17.5. The van der Waals surface area contributed by atoms with Crippen molar-refractivity contribution >= 4 is 29.4 Å². The molecule has 0 bridgehead atoms. The Bertz CT molecular complexity index is 778. The highest BCUT2D eigenvalue weighted by atomic mass is 16.5. The maximum Gasteiger partial charge on any atom is 0.337 e. The highest BCUT2D eigenvalue weighted by molar-refractivity contribution is 6.00. The zero-order chi connectivity index (χ0) is 21.8. The molecule has 8 nitrogen and oxygen atoms in total. The Morgan fingerprint density at radius 1 is 1.00 bits per heavy atom. The second-order valence-electron chi connectivity index (χ2n) is 8.11. The van der Waals surface area contributed by atoms with E-state index in [9.17, 15) is 19.2 Å². The van der Waals surface area contributed by atoms with Gasteiger partial charge in [0.2, 0.25) is 11.8 Å². The van der Waals surface area contributed by atoms with E-state index < -0.39 is 17.4 Å². The number of esters is 2. The number of methoxy groups -OCH3 is 2. The smallest absolute Gasteiger partial charge is 0.337 e. The summed E-state index contributed by atoms with van der Waals surface area (Å²) in [7, 11) is 2.46. The van der Waals surface area contributed by atoms with Gasteiger partial charge in [0.1, 0.15) is 0 Å². The molecule has 158 valence electrons. The lowest BCUT2D eigenvalue weighted by atomic mass is 9.91. The van der Waals surface area contributed by atoms with Crippen molar-refractivity contribution in [1.29, 1.82) is 0 Å². The third-order valence-electron chi connectivity index (χ3n) is 4.76. The molecule has 1 fully saturated rings. The van der Waals surface area contributed by atoms with Gasteiger partial charge in [0.25, 0.3) is 0 Å². The van der Waals surface area contributed by atoms with E-state index in [4.69, 9.17) is 9.47 Å². The molecule has 1 unspecified atom stereocenters. The summed E-state index contributed by atoms with van der Waals surface area (Å²) in [6.07, 6.45) is 1.38. The fraction of sp³-hybridized carbons (Fsp3) is 0.524. The molecule has 0 saturated carbocycles. The maximum atomic E-state index is 12.8. The van der Waals surface area contributed by atoms with Gasteiger partial charge in [-0.3, -0.25) is 9.59 Å². The number of likely N-dealkylation sites (tertiary alicyclic amines) is 1. The molecule has 1 aromatic carbocycles. The molecule has 2 rings (SSSR count). The number of amides is 2. The van der Waals surface area contributed by atoms with Crippen LogP contribution in [-0.2, 0) is 19.1 Å². The molecule has 1 aliphatic rings. The largest absolute Gasteiger partial charge is 0.465 e. The third-order valence-corrected chi connectivity index (χ3v) is 4.76. The van der Waals surface area contributed by atoms with E-state index in [2.05, 4.69) is 5.32 Å². The van der Waals surface area contributed by atoms with Gasteiger partial charge in [0.15, 0.2) is 0 Å². The SMILES string of the molecule is COC(=O)c1cc(NC(=O)C2CCCN(C(=O)C(C)(C)C)C2)cc(C(=O)OC)c1. The van der Waals surface area contributed by atoms with Crippen LogP contribution in [0, 0.1) is 11.3 Å². The van der Waals surface area contributed by atoms with E-state index in [1.165, 1.54) is 32.4 Å². The highest BCUT2D eigenvalue weighted by Crippen LogP contribution is 2.25. The Kier molecular flexibility index (Phi) is 7.00. The molecular weight excluding hydrogens is 376 g/mol. The predicted molar refractivity (Wildman–Crippen MR) is 107 cm³/mol. The first-order valence-corrected chi connectivity index (χ1v) is 9.48. The molecule has 1 saturated heterocycles. The first-order valence-electron chi connectivity index (χ1n) is 9.48. The van der Waals surface area contributed by atoms with E-state index in [1.807, 2.05) is 20.8 Å². The zero-order valence-corrected chi connectivity index (χ0v) is 17.5. The van der Waals surface area contributed by atoms with Crippen molar-refractivity contribution in [2.45, 2.75) is 33.6 Å². The molecular formula is C21H28N2O6. The molecule has 29 heavy (non-hydrogen) atoms. The van der Waals surface area contributed by atoms with Crippen LogP contribution in [0.5, 0.6) is 0 Å². The van der Waals surface area contributed by atoms with Gasteiger partial charge in [-0.25, -0.2) is 9.59 Å². The van der Waals surface area contributed by atoms with Gasteiger partial charge in [-0.2, -0.15) is 0 Å². The number of carbonyl (C=O) groups is 4. The van der Waals surface area contributed by atoms with E-state index >= 15 is 0 Å². The molecule has 0 aliphatic carbocycles. The first-order chi connectivity index (χ1) is 13.6. The summed E-state index contributed by atoms with van der Waals surface area (Å²) in [5.74, 6) is -1.90. The fourth-order valence-electron chi connectivity index (χ4n) is 3.27. The molecule has 1 heterocycles. The Morgan fingerprint density at radius 3 is 2.03 bits per heavy atom. The average molecular weight is 404 g/mol. The topological polar surface area (TPSA) is 102 Å². The van der Waals surface area contributed by atoms with Crippen LogP contribution in [0.4, 0.5) is 5.69 Å². The Hall–Kier alpha value is -2.90. The molecule has 0 aromatic heterocycles. The van der Waals surface area contributed by atoms with Crippen LogP contribution >= 0.6 is 0 Å². The fourth-order valence-corrected chi connectivity index (χ4v) is 3.27. The minimum atomic E-state index is -0.633. The van der Waals surface area contributed by atoms with Gasteiger partial charge in [-0.1, -0.05) is 20.8 Å². The molecule has 8 heteroatoms. The van der Waals surface area contributed by atoms with Gasteiger partial charge < -0.3 is 19.7 Å². The van der Waals surface area contributed by atoms with Crippen LogP contribution in [0.3, 0.4) is 0 Å². The van der Waals surface area contributed by atoms with Gasteiger partial charge in [-0.15, -0.1) is 0 Å². The average Bonchev–Trinajstić information content (AvgIpc) is 2.70. The number of nitrogens with one attached hydrogen (secondary N) is 1. The minimum absolute atomic E-state index is 0.00988. The van der Waals surface area contributed by atoms with Crippen molar-refractivity contribution in [3.63, 3.8) is 0 Å². The summed E-state index contributed by atoms with van der Waals surface area (Å²) in [6, 6.07) is 4.23. The normalized spacial score (nSPS) is 16.7. The summed E-state index contributed by atoms with van der Waals surface area (Å²) < 4.78 is 9.41. The van der Waals surface area contributed by atoms with E-state index in [1.54, 1.807) is 4.90 Å². The summed E-state index contributed by atoms with van der Waals surface area (Å²) >= 11 is 0. The molecule has 0 radical (unpaired) electrons. The van der Waals surface area contributed by atoms with Gasteiger partial charge in [0.05, 0.1) is 31.3 Å². The number of rotatable bonds is 4. The number of hydrogen-bond acceptors (Lipinski definition) is 6. The van der Waals surface area contributed by atoms with Crippen molar-refractivity contribution in [2.75, 3.05) is 32.6 Å². The molecule has 1 aliphatic heterocycles. The standard InChI is InChI=1S/C21H28N2O6/c1-21(2,3)20(27)23-8-6-7-13(12-23)17(24)22-16-10-14(18(25)28-4)9-15(11-16)19(26)29-5/h9-11,13H,6-8,12H2,1-5H3,(H,22,24). The number of carbonyl (C=O) groups excluding carboxylic acids is 4. The van der Waals surface area contributed by atoms with Crippen molar-refractivity contribution in [2.24, 2.45) is 11.3 Å². The van der Waals surface area contributed by atoms with Crippen molar-refractivity contribution < 1.29 is 28.7 Å². The first kappa shape index (κ1) is 22.4. The van der Waals surface area contributed by atoms with E-state index in [0.29, 0.717) is 19.5 Å². The van der Waals surface area contributed by atoms with Gasteiger partial charge >= 0.3 is 11.9 Å². The molecule has 1 aromatic rings. The highest BCUT2D eigenvalue weighted by Gasteiger charge is 2.33. The maximum absolute atomic E-state index is 12.8. The number of piperidine rings is 1. The van der Waals surface area contributed by atoms with Gasteiger partial charge in [-0.05, 0) is 31.0 Å². The van der Waals surface area contributed by atoms with Gasteiger partial charge in [0, 0.05) is 24.2 Å². The van der Waals surface area contributed by atoms with E-state index in [0.717, 1.165) is 6.42 Å². The monoisotopic (exact) mass is 404 g/mol. The summed E-state index contributed by atoms with van der Waals surface area (Å²) in [5, 5.41) is 2.76. The number of nitrogens with zero attached hydrogens (tertiary/aromatic N) is 1. The minimum Gasteiger partial charge on any atom is -0.465 e. The third kappa shape index (κ3) is 5.56. The van der Waals surface area contributed by atoms with Crippen LogP contribution in [0.1, 0.15) is 54.3 Å². The lowest BCUT2D eigenvalue weighted by Crippen LogP contribution is -2.47. The number of hydrogen-bond donors (Lipinski definition) is 1. The Labute approximate surface area is 170 Å². The molecule has 0 spiro atoms. The van der Waals surface area contributed by atoms with Crippen molar-refractivity contribution in [1.82, 2.24) is 4.90 Å². The summed E-state index contributed by atoms with van der Waals surface area (Å²) in [5.41, 5.74) is 0.0261. The second kappa shape index (κ2) is 9.07. The van der Waals surface area contributed by atoms with Crippen LogP contribution < -0.4 is 5.32 Å². The summed E-state index contributed by atoms with van der Waals surface area (Å²) in [4.78, 5) is 50.9. The quantitative estimate of drug-likeness (QED) is 0.774. The lowest BCUT2D eigenvalue weighted by Gasteiger charge is -2.35. The van der Waals surface area contributed by atoms with E-state index in [-0.39, 0.29) is 34.5 Å². The number of anilines is 1. The summed E-state index contributed by atoms with van der Waals surface area (Å²) in [6.45, 7) is 6.52. The molecule has 1 N–H and O–H groups in total. The van der Waals surface area contributed by atoms with Crippen molar-refractivity contribution in [3.05, 3.63) is 29.3 Å². The second-order valence-corrected chi connectivity index (χ2v) is 8.11.